The Kier molecular flexibility index (Phi) is 5.30. The van der Waals surface area contributed by atoms with E-state index in [4.69, 9.17) is 4.52 Å². The first-order valence-electron chi connectivity index (χ1n) is 10.6. The van der Waals surface area contributed by atoms with Crippen molar-refractivity contribution in [3.8, 4) is 11.4 Å². The van der Waals surface area contributed by atoms with Crippen LogP contribution in [0.15, 0.2) is 71.3 Å². The van der Waals surface area contributed by atoms with Crippen molar-refractivity contribution in [2.45, 2.75) is 20.0 Å². The molecule has 0 atom stereocenters. The van der Waals surface area contributed by atoms with E-state index >= 15 is 0 Å². The maximum absolute atomic E-state index is 5.53. The number of hydrogen-bond donors (Lipinski definition) is 0. The number of aromatic nitrogens is 2. The zero-order chi connectivity index (χ0) is 20.3. The lowest BCUT2D eigenvalue weighted by Gasteiger charge is -2.34. The Labute approximate surface area is 176 Å². The number of aryl methyl sites for hydroxylation is 1. The molecule has 0 amide bonds. The number of nitrogens with zero attached hydrogens (tertiary/aromatic N) is 4. The first-order chi connectivity index (χ1) is 14.8. The first kappa shape index (κ1) is 19.0. The molecule has 1 saturated heterocycles. The summed E-state index contributed by atoms with van der Waals surface area (Å²) in [5, 5.41) is 6.86. The summed E-state index contributed by atoms with van der Waals surface area (Å²) in [5.74, 6) is 1.37. The fourth-order valence-corrected chi connectivity index (χ4v) is 4.22. The van der Waals surface area contributed by atoms with Crippen LogP contribution in [0.25, 0.3) is 22.2 Å². The van der Waals surface area contributed by atoms with E-state index in [0.717, 1.165) is 43.9 Å². The minimum absolute atomic E-state index is 0.678. The molecule has 1 aliphatic rings. The van der Waals surface area contributed by atoms with E-state index in [1.54, 1.807) is 0 Å². The maximum Gasteiger partial charge on any atom is 0.241 e. The second kappa shape index (κ2) is 8.38. The van der Waals surface area contributed by atoms with E-state index in [1.807, 2.05) is 18.2 Å². The second-order valence-electron chi connectivity index (χ2n) is 8.02. The van der Waals surface area contributed by atoms with Gasteiger partial charge in [-0.05, 0) is 28.8 Å². The van der Waals surface area contributed by atoms with Crippen LogP contribution in [0.5, 0.6) is 0 Å². The van der Waals surface area contributed by atoms with Crippen LogP contribution < -0.4 is 0 Å². The van der Waals surface area contributed by atoms with E-state index < -0.39 is 0 Å². The third-order valence-electron chi connectivity index (χ3n) is 5.95. The highest BCUT2D eigenvalue weighted by Gasteiger charge is 2.20. The van der Waals surface area contributed by atoms with E-state index in [9.17, 15) is 0 Å². The zero-order valence-corrected chi connectivity index (χ0v) is 17.3. The van der Waals surface area contributed by atoms with Gasteiger partial charge in [-0.1, -0.05) is 71.9 Å². The van der Waals surface area contributed by atoms with Gasteiger partial charge in [0.2, 0.25) is 11.7 Å². The van der Waals surface area contributed by atoms with Crippen molar-refractivity contribution in [2.75, 3.05) is 26.2 Å². The molecule has 4 aromatic rings. The summed E-state index contributed by atoms with van der Waals surface area (Å²) in [4.78, 5) is 9.55. The van der Waals surface area contributed by atoms with Crippen LogP contribution in [-0.4, -0.2) is 46.1 Å². The van der Waals surface area contributed by atoms with Gasteiger partial charge in [0.25, 0.3) is 0 Å². The van der Waals surface area contributed by atoms with Crippen molar-refractivity contribution in [3.63, 3.8) is 0 Å². The summed E-state index contributed by atoms with van der Waals surface area (Å²) >= 11 is 0. The summed E-state index contributed by atoms with van der Waals surface area (Å²) in [6.07, 6.45) is 0. The molecular formula is C25H26N4O. The Morgan fingerprint density at radius 3 is 2.33 bits per heavy atom. The standard InChI is InChI=1S/C25H26N4O/c1-19-7-2-4-11-22(19)25-26-24(30-27-25)18-29-15-13-28(14-16-29)17-21-10-6-9-20-8-3-5-12-23(20)21/h2-12H,13-18H2,1H3. The molecule has 0 spiro atoms. The molecule has 5 rings (SSSR count). The molecule has 1 aromatic heterocycles. The average Bonchev–Trinajstić information content (AvgIpc) is 3.24. The molecule has 1 aliphatic heterocycles. The number of piperazine rings is 1. The van der Waals surface area contributed by atoms with Crippen LogP contribution in [0.2, 0.25) is 0 Å². The summed E-state index contributed by atoms with van der Waals surface area (Å²) in [7, 11) is 0. The van der Waals surface area contributed by atoms with E-state index in [2.05, 4.69) is 75.4 Å². The van der Waals surface area contributed by atoms with Gasteiger partial charge in [-0.3, -0.25) is 9.80 Å². The van der Waals surface area contributed by atoms with Gasteiger partial charge in [0.1, 0.15) is 0 Å². The van der Waals surface area contributed by atoms with Crippen molar-refractivity contribution in [1.29, 1.82) is 0 Å². The molecule has 5 heteroatoms. The van der Waals surface area contributed by atoms with Crippen LogP contribution >= 0.6 is 0 Å². The summed E-state index contributed by atoms with van der Waals surface area (Å²) in [6.45, 7) is 7.87. The molecule has 0 bridgehead atoms. The lowest BCUT2D eigenvalue weighted by Crippen LogP contribution is -2.45. The molecule has 2 heterocycles. The average molecular weight is 399 g/mol. The Balaban J connectivity index is 1.19. The monoisotopic (exact) mass is 398 g/mol. The third-order valence-corrected chi connectivity index (χ3v) is 5.95. The highest BCUT2D eigenvalue weighted by Crippen LogP contribution is 2.22. The Morgan fingerprint density at radius 2 is 1.50 bits per heavy atom. The first-order valence-corrected chi connectivity index (χ1v) is 10.6. The molecule has 1 fully saturated rings. The molecule has 0 N–H and O–H groups in total. The highest BCUT2D eigenvalue weighted by atomic mass is 16.5. The Hall–Kier alpha value is -3.02. The van der Waals surface area contributed by atoms with Crippen LogP contribution in [0.4, 0.5) is 0 Å². The van der Waals surface area contributed by atoms with Crippen molar-refractivity contribution < 1.29 is 4.52 Å². The zero-order valence-electron chi connectivity index (χ0n) is 17.3. The molecule has 152 valence electrons. The number of hydrogen-bond acceptors (Lipinski definition) is 5. The summed E-state index contributed by atoms with van der Waals surface area (Å²) in [6, 6.07) is 23.4. The smallest absolute Gasteiger partial charge is 0.241 e. The maximum atomic E-state index is 5.53. The second-order valence-corrected chi connectivity index (χ2v) is 8.02. The molecule has 0 unspecified atom stereocenters. The lowest BCUT2D eigenvalue weighted by atomic mass is 10.0. The van der Waals surface area contributed by atoms with Gasteiger partial charge in [0.05, 0.1) is 6.54 Å². The van der Waals surface area contributed by atoms with Gasteiger partial charge < -0.3 is 4.52 Å². The van der Waals surface area contributed by atoms with Crippen molar-refractivity contribution in [1.82, 2.24) is 19.9 Å². The lowest BCUT2D eigenvalue weighted by molar-refractivity contribution is 0.112. The third kappa shape index (κ3) is 3.99. The largest absolute Gasteiger partial charge is 0.338 e. The van der Waals surface area contributed by atoms with Gasteiger partial charge in [0.15, 0.2) is 0 Å². The van der Waals surface area contributed by atoms with Gasteiger partial charge in [-0.15, -0.1) is 0 Å². The van der Waals surface area contributed by atoms with Gasteiger partial charge in [-0.25, -0.2) is 0 Å². The van der Waals surface area contributed by atoms with Gasteiger partial charge in [0, 0.05) is 38.3 Å². The van der Waals surface area contributed by atoms with Crippen molar-refractivity contribution >= 4 is 10.8 Å². The molecule has 3 aromatic carbocycles. The molecular weight excluding hydrogens is 372 g/mol. The van der Waals surface area contributed by atoms with Gasteiger partial charge in [-0.2, -0.15) is 4.98 Å². The topological polar surface area (TPSA) is 45.4 Å². The van der Waals surface area contributed by atoms with Crippen LogP contribution in [0.1, 0.15) is 17.0 Å². The summed E-state index contributed by atoms with van der Waals surface area (Å²) < 4.78 is 5.53. The van der Waals surface area contributed by atoms with Crippen molar-refractivity contribution in [2.24, 2.45) is 0 Å². The Bertz CT molecular complexity index is 1140. The van der Waals surface area contributed by atoms with Crippen LogP contribution in [0, 0.1) is 6.92 Å². The Morgan fingerprint density at radius 1 is 0.800 bits per heavy atom. The number of rotatable bonds is 5. The fourth-order valence-electron chi connectivity index (χ4n) is 4.22. The predicted molar refractivity (Wildman–Crippen MR) is 119 cm³/mol. The van der Waals surface area contributed by atoms with Crippen LogP contribution in [-0.2, 0) is 13.1 Å². The van der Waals surface area contributed by atoms with E-state index in [0.29, 0.717) is 18.3 Å². The highest BCUT2D eigenvalue weighted by molar-refractivity contribution is 5.85. The minimum Gasteiger partial charge on any atom is -0.338 e. The molecule has 30 heavy (non-hydrogen) atoms. The SMILES string of the molecule is Cc1ccccc1-c1noc(CN2CCN(Cc3cccc4ccccc34)CC2)n1. The summed E-state index contributed by atoms with van der Waals surface area (Å²) in [5.41, 5.74) is 3.60. The van der Waals surface area contributed by atoms with E-state index in [-0.39, 0.29) is 0 Å². The van der Waals surface area contributed by atoms with E-state index in [1.165, 1.54) is 16.3 Å². The molecule has 5 nitrogen and oxygen atoms in total. The molecule has 0 radical (unpaired) electrons. The van der Waals surface area contributed by atoms with Crippen LogP contribution in [0.3, 0.4) is 0 Å². The quantitative estimate of drug-likeness (QED) is 0.495. The van der Waals surface area contributed by atoms with Crippen molar-refractivity contribution in [3.05, 3.63) is 83.7 Å². The number of benzene rings is 3. The minimum atomic E-state index is 0.678. The predicted octanol–water partition coefficient (Wildman–Crippen LogP) is 4.52. The van der Waals surface area contributed by atoms with Gasteiger partial charge >= 0.3 is 0 Å². The normalized spacial score (nSPS) is 15.6. The fraction of sp³-hybridized carbons (Fsp3) is 0.280. The molecule has 0 saturated carbocycles. The number of fused-ring (bicyclic) bond motifs is 1. The molecule has 0 aliphatic carbocycles.